The van der Waals surface area contributed by atoms with E-state index in [1.54, 1.807) is 10.6 Å². The number of aryl methyl sites for hydroxylation is 1. The Labute approximate surface area is 122 Å². The first-order valence-electron chi connectivity index (χ1n) is 4.29. The Kier molecular flexibility index (Phi) is 7.62. The molecule has 1 heterocycles. The summed E-state index contributed by atoms with van der Waals surface area (Å²) in [6, 6.07) is 5.42. The molecule has 1 rings (SSSR count). The Morgan fingerprint density at radius 3 is 2.62 bits per heavy atom. The highest BCUT2D eigenvalue weighted by molar-refractivity contribution is 6.56. The maximum atomic E-state index is 11.6. The van der Waals surface area contributed by atoms with E-state index in [0.29, 0.717) is 5.69 Å². The maximum absolute atomic E-state index is 11.6. The molecule has 0 amide bonds. The standard InChI is InChI=1S/C11H10Cl2NO.HI/c1-14-8-3-2-5-9(14)10(15)6-4-7-11(12)13;/h2-8H,1H3;1H/q+1;/p-1. The molecule has 0 radical (unpaired) electrons. The van der Waals surface area contributed by atoms with E-state index >= 15 is 0 Å². The number of carbonyl (C=O) groups is 1. The molecule has 0 unspecified atom stereocenters. The number of hydrogen-bond donors (Lipinski definition) is 0. The van der Waals surface area contributed by atoms with Crippen molar-refractivity contribution in [2.45, 2.75) is 0 Å². The van der Waals surface area contributed by atoms with E-state index in [1.807, 2.05) is 25.4 Å². The third-order valence-electron chi connectivity index (χ3n) is 1.78. The van der Waals surface area contributed by atoms with Gasteiger partial charge in [-0.05, 0) is 18.2 Å². The second-order valence-corrected chi connectivity index (χ2v) is 3.88. The maximum Gasteiger partial charge on any atom is 0.252 e. The fourth-order valence-corrected chi connectivity index (χ4v) is 1.22. The van der Waals surface area contributed by atoms with E-state index in [1.165, 1.54) is 18.2 Å². The molecular formula is C11H10Cl2INO. The molecule has 0 atom stereocenters. The van der Waals surface area contributed by atoms with E-state index < -0.39 is 0 Å². The van der Waals surface area contributed by atoms with E-state index in [2.05, 4.69) is 0 Å². The lowest BCUT2D eigenvalue weighted by Gasteiger charge is -1.93. The molecule has 16 heavy (non-hydrogen) atoms. The van der Waals surface area contributed by atoms with Gasteiger partial charge in [-0.2, -0.15) is 4.57 Å². The van der Waals surface area contributed by atoms with Crippen LogP contribution >= 0.6 is 23.2 Å². The summed E-state index contributed by atoms with van der Waals surface area (Å²) < 4.78 is 1.87. The molecule has 0 N–H and O–H groups in total. The van der Waals surface area contributed by atoms with Gasteiger partial charge < -0.3 is 24.0 Å². The lowest BCUT2D eigenvalue weighted by Crippen LogP contribution is -3.00. The van der Waals surface area contributed by atoms with E-state index in [9.17, 15) is 4.79 Å². The molecular weight excluding hydrogens is 360 g/mol. The Balaban J connectivity index is 0.00000225. The van der Waals surface area contributed by atoms with Crippen molar-refractivity contribution < 1.29 is 33.3 Å². The summed E-state index contributed by atoms with van der Waals surface area (Å²) in [5, 5.41) is 0. The van der Waals surface area contributed by atoms with Crippen LogP contribution in [0.4, 0.5) is 0 Å². The molecule has 0 aliphatic heterocycles. The van der Waals surface area contributed by atoms with Crippen molar-refractivity contribution >= 4 is 29.0 Å². The Morgan fingerprint density at radius 1 is 1.38 bits per heavy atom. The first-order valence-corrected chi connectivity index (χ1v) is 5.05. The lowest BCUT2D eigenvalue weighted by atomic mass is 10.2. The van der Waals surface area contributed by atoms with Gasteiger partial charge in [-0.1, -0.05) is 29.3 Å². The predicted molar refractivity (Wildman–Crippen MR) is 60.9 cm³/mol. The van der Waals surface area contributed by atoms with E-state index in [4.69, 9.17) is 23.2 Å². The van der Waals surface area contributed by atoms with Crippen molar-refractivity contribution in [2.75, 3.05) is 0 Å². The second kappa shape index (κ2) is 7.81. The van der Waals surface area contributed by atoms with Crippen molar-refractivity contribution in [3.63, 3.8) is 0 Å². The predicted octanol–water partition coefficient (Wildman–Crippen LogP) is -0.427. The zero-order chi connectivity index (χ0) is 11.3. The van der Waals surface area contributed by atoms with Crippen molar-refractivity contribution in [1.82, 2.24) is 0 Å². The zero-order valence-electron chi connectivity index (χ0n) is 8.53. The smallest absolute Gasteiger partial charge is 0.252 e. The topological polar surface area (TPSA) is 20.9 Å². The van der Waals surface area contributed by atoms with Gasteiger partial charge in [0.15, 0.2) is 6.20 Å². The summed E-state index contributed by atoms with van der Waals surface area (Å²) in [5.74, 6) is -0.0936. The van der Waals surface area contributed by atoms with Crippen LogP contribution in [0.1, 0.15) is 10.5 Å². The summed E-state index contributed by atoms with van der Waals surface area (Å²) in [6.45, 7) is 0. The highest BCUT2D eigenvalue weighted by Crippen LogP contribution is 2.05. The third-order valence-corrected chi connectivity index (χ3v) is 2.03. The van der Waals surface area contributed by atoms with Gasteiger partial charge in [-0.25, -0.2) is 0 Å². The number of halogens is 3. The van der Waals surface area contributed by atoms with Crippen molar-refractivity contribution in [2.24, 2.45) is 7.05 Å². The summed E-state index contributed by atoms with van der Waals surface area (Å²) >= 11 is 10.8. The fourth-order valence-electron chi connectivity index (χ4n) is 1.07. The molecule has 0 aliphatic rings. The van der Waals surface area contributed by atoms with Gasteiger partial charge in [0.2, 0.25) is 5.78 Å². The monoisotopic (exact) mass is 369 g/mol. The number of ketones is 1. The van der Waals surface area contributed by atoms with Crippen molar-refractivity contribution in [3.05, 3.63) is 52.8 Å². The van der Waals surface area contributed by atoms with Gasteiger partial charge in [0, 0.05) is 12.1 Å². The van der Waals surface area contributed by atoms with Crippen LogP contribution in [0, 0.1) is 0 Å². The van der Waals surface area contributed by atoms with Gasteiger partial charge in [-0.3, -0.25) is 4.79 Å². The molecule has 0 fully saturated rings. The molecule has 2 nitrogen and oxygen atoms in total. The first kappa shape index (κ1) is 15.6. The minimum atomic E-state index is -0.0936. The average Bonchev–Trinajstić information content (AvgIpc) is 2.17. The van der Waals surface area contributed by atoms with Gasteiger partial charge in [0.25, 0.3) is 5.69 Å². The Hall–Kier alpha value is -0.390. The highest BCUT2D eigenvalue weighted by atomic mass is 127. The molecule has 86 valence electrons. The molecule has 0 spiro atoms. The number of rotatable bonds is 3. The van der Waals surface area contributed by atoms with Crippen molar-refractivity contribution in [1.29, 1.82) is 0 Å². The summed E-state index contributed by atoms with van der Waals surface area (Å²) in [4.78, 5) is 11.6. The van der Waals surface area contributed by atoms with Gasteiger partial charge in [0.05, 0.1) is 0 Å². The van der Waals surface area contributed by atoms with Crippen LogP contribution in [0.25, 0.3) is 0 Å². The minimum absolute atomic E-state index is 0. The number of hydrogen-bond acceptors (Lipinski definition) is 1. The van der Waals surface area contributed by atoms with Crippen LogP contribution in [0.2, 0.25) is 0 Å². The van der Waals surface area contributed by atoms with Crippen LogP contribution in [-0.2, 0) is 7.05 Å². The number of nitrogens with zero attached hydrogens (tertiary/aromatic N) is 1. The van der Waals surface area contributed by atoms with Gasteiger partial charge in [0.1, 0.15) is 11.5 Å². The molecule has 0 aromatic carbocycles. The number of allylic oxidation sites excluding steroid dienone is 3. The third kappa shape index (κ3) is 5.09. The first-order chi connectivity index (χ1) is 7.11. The summed E-state index contributed by atoms with van der Waals surface area (Å²) in [7, 11) is 1.81. The molecule has 0 saturated carbocycles. The number of carbonyl (C=O) groups excluding carboxylic acids is 1. The van der Waals surface area contributed by atoms with Gasteiger partial charge >= 0.3 is 0 Å². The highest BCUT2D eigenvalue weighted by Gasteiger charge is 2.11. The normalized spacial score (nSPS) is 9.69. The molecule has 1 aromatic rings. The summed E-state index contributed by atoms with van der Waals surface area (Å²) in [6.07, 6.45) is 6.19. The number of pyridine rings is 1. The van der Waals surface area contributed by atoms with Crippen LogP contribution in [0.5, 0.6) is 0 Å². The Morgan fingerprint density at radius 2 is 2.06 bits per heavy atom. The molecule has 0 aliphatic carbocycles. The number of aromatic nitrogens is 1. The average molecular weight is 370 g/mol. The molecule has 5 heteroatoms. The van der Waals surface area contributed by atoms with Crippen LogP contribution in [-0.4, -0.2) is 5.78 Å². The van der Waals surface area contributed by atoms with Crippen molar-refractivity contribution in [3.8, 4) is 0 Å². The van der Waals surface area contributed by atoms with E-state index in [0.717, 1.165) is 0 Å². The summed E-state index contributed by atoms with van der Waals surface area (Å²) in [5.41, 5.74) is 0.604. The Bertz CT molecular complexity index is 426. The largest absolute Gasteiger partial charge is 1.00 e. The molecule has 1 aromatic heterocycles. The van der Waals surface area contributed by atoms with Crippen LogP contribution in [0.15, 0.2) is 47.1 Å². The van der Waals surface area contributed by atoms with Crippen LogP contribution in [0.3, 0.4) is 0 Å². The van der Waals surface area contributed by atoms with Gasteiger partial charge in [-0.15, -0.1) is 0 Å². The molecule has 0 bridgehead atoms. The van der Waals surface area contributed by atoms with E-state index in [-0.39, 0.29) is 34.3 Å². The minimum Gasteiger partial charge on any atom is -1.00 e. The molecule has 0 saturated heterocycles. The van der Waals surface area contributed by atoms with Crippen LogP contribution < -0.4 is 28.5 Å². The lowest BCUT2D eigenvalue weighted by molar-refractivity contribution is -0.673. The quantitative estimate of drug-likeness (QED) is 0.233. The SMILES string of the molecule is C[n+]1ccccc1C(=O)C=CC=C(Cl)Cl.[I-]. The fraction of sp³-hybridized carbons (Fsp3) is 0.0909. The zero-order valence-corrected chi connectivity index (χ0v) is 12.2. The second-order valence-electron chi connectivity index (χ2n) is 2.88.